The van der Waals surface area contributed by atoms with Gasteiger partial charge >= 0.3 is 0 Å². The molecule has 1 atom stereocenters. The largest absolute Gasteiger partial charge is 0.372 e. The van der Waals surface area contributed by atoms with Gasteiger partial charge in [-0.3, -0.25) is 0 Å². The van der Waals surface area contributed by atoms with Crippen LogP contribution in [0.4, 0.5) is 11.8 Å². The Balaban J connectivity index is 1.78. The fourth-order valence-corrected chi connectivity index (χ4v) is 2.46. The lowest BCUT2D eigenvalue weighted by Gasteiger charge is -2.40. The summed E-state index contributed by atoms with van der Waals surface area (Å²) >= 11 is 0. The summed E-state index contributed by atoms with van der Waals surface area (Å²) in [4.78, 5) is 10.8. The van der Waals surface area contributed by atoms with Crippen molar-refractivity contribution in [1.82, 2.24) is 15.3 Å². The van der Waals surface area contributed by atoms with E-state index in [1.54, 1.807) is 0 Å². The molecule has 0 aliphatic carbocycles. The highest BCUT2D eigenvalue weighted by Crippen LogP contribution is 2.30. The predicted octanol–water partition coefficient (Wildman–Crippen LogP) is 0.318. The van der Waals surface area contributed by atoms with E-state index in [2.05, 4.69) is 20.2 Å². The van der Waals surface area contributed by atoms with E-state index in [0.717, 1.165) is 44.0 Å². The molecule has 0 radical (unpaired) electrons. The molecule has 18 heavy (non-hydrogen) atoms. The van der Waals surface area contributed by atoms with Crippen molar-refractivity contribution >= 4 is 11.8 Å². The number of rotatable bonds is 3. The van der Waals surface area contributed by atoms with Gasteiger partial charge in [0.2, 0.25) is 5.95 Å². The van der Waals surface area contributed by atoms with E-state index in [4.69, 9.17) is 10.5 Å². The smallest absolute Gasteiger partial charge is 0.222 e. The average Bonchev–Trinajstić information content (AvgIpc) is 2.80. The molecule has 0 amide bonds. The number of aromatic nitrogens is 2. The van der Waals surface area contributed by atoms with Crippen molar-refractivity contribution in [3.8, 4) is 0 Å². The van der Waals surface area contributed by atoms with Crippen LogP contribution in [0.5, 0.6) is 0 Å². The first kappa shape index (κ1) is 11.7. The Kier molecular flexibility index (Phi) is 3.05. The van der Waals surface area contributed by atoms with Crippen LogP contribution in [0.1, 0.15) is 24.6 Å². The van der Waals surface area contributed by atoms with E-state index in [-0.39, 0.29) is 6.10 Å². The zero-order chi connectivity index (χ0) is 12.5. The number of nitrogens with two attached hydrogens (primary N) is 1. The molecule has 2 fully saturated rings. The number of likely N-dealkylation sites (N-methyl/N-ethyl adjacent to an activating group) is 1. The molecule has 6 heteroatoms. The number of hydrogen-bond donors (Lipinski definition) is 2. The highest BCUT2D eigenvalue weighted by molar-refractivity contribution is 5.47. The summed E-state index contributed by atoms with van der Waals surface area (Å²) in [5.74, 6) is 1.26. The molecular weight excluding hydrogens is 230 g/mol. The number of nitrogens with zero attached hydrogens (tertiary/aromatic N) is 3. The third kappa shape index (κ3) is 2.13. The number of ether oxygens (including phenoxy) is 1. The molecule has 98 valence electrons. The van der Waals surface area contributed by atoms with Gasteiger partial charge in [-0.2, -0.15) is 4.98 Å². The molecule has 0 spiro atoms. The zero-order valence-electron chi connectivity index (χ0n) is 10.6. The second-order valence-corrected chi connectivity index (χ2v) is 4.90. The van der Waals surface area contributed by atoms with Gasteiger partial charge in [0.1, 0.15) is 5.82 Å². The molecule has 2 saturated heterocycles. The van der Waals surface area contributed by atoms with Crippen molar-refractivity contribution in [3.05, 3.63) is 11.8 Å². The molecule has 0 aromatic carbocycles. The van der Waals surface area contributed by atoms with E-state index in [1.807, 2.05) is 13.1 Å². The standard InChI is InChI=1S/C12H19N5O/c1-14-8-6-17(7-8)11-5-9(15-12(13)16-11)10-3-2-4-18-10/h5,8,10,14H,2-4,6-7H2,1H3,(H2,13,15,16)/t10-/m1/s1. The topological polar surface area (TPSA) is 76.3 Å². The minimum Gasteiger partial charge on any atom is -0.372 e. The molecule has 3 N–H and O–H groups in total. The van der Waals surface area contributed by atoms with Crippen molar-refractivity contribution < 1.29 is 4.74 Å². The summed E-state index contributed by atoms with van der Waals surface area (Å²) in [6.45, 7) is 2.76. The quantitative estimate of drug-likeness (QED) is 0.803. The maximum absolute atomic E-state index is 5.79. The number of anilines is 2. The lowest BCUT2D eigenvalue weighted by atomic mass is 10.1. The SMILES string of the molecule is CNC1CN(c2cc([C@H]3CCCO3)nc(N)n2)C1. The van der Waals surface area contributed by atoms with Gasteiger partial charge in [0.15, 0.2) is 0 Å². The molecule has 0 saturated carbocycles. The molecule has 0 bridgehead atoms. The van der Waals surface area contributed by atoms with Crippen LogP contribution in [0.25, 0.3) is 0 Å². The van der Waals surface area contributed by atoms with Crippen molar-refractivity contribution in [2.24, 2.45) is 0 Å². The molecule has 3 heterocycles. The highest BCUT2D eigenvalue weighted by Gasteiger charge is 2.28. The minimum atomic E-state index is 0.0930. The van der Waals surface area contributed by atoms with Crippen LogP contribution in [0.2, 0.25) is 0 Å². The van der Waals surface area contributed by atoms with Crippen LogP contribution < -0.4 is 16.0 Å². The number of nitrogen functional groups attached to an aromatic ring is 1. The lowest BCUT2D eigenvalue weighted by Crippen LogP contribution is -2.57. The van der Waals surface area contributed by atoms with Crippen molar-refractivity contribution in [3.63, 3.8) is 0 Å². The maximum Gasteiger partial charge on any atom is 0.222 e. The lowest BCUT2D eigenvalue weighted by molar-refractivity contribution is 0.108. The third-order valence-electron chi connectivity index (χ3n) is 3.62. The summed E-state index contributed by atoms with van der Waals surface area (Å²) in [6.07, 6.45) is 2.21. The van der Waals surface area contributed by atoms with Gasteiger partial charge in [0, 0.05) is 31.8 Å². The Morgan fingerprint density at radius 1 is 1.44 bits per heavy atom. The Bertz CT molecular complexity index is 426. The van der Waals surface area contributed by atoms with Gasteiger partial charge in [0.25, 0.3) is 0 Å². The molecule has 1 aromatic heterocycles. The van der Waals surface area contributed by atoms with E-state index < -0.39 is 0 Å². The normalized spacial score (nSPS) is 24.3. The van der Waals surface area contributed by atoms with E-state index in [1.165, 1.54) is 0 Å². The van der Waals surface area contributed by atoms with Crippen molar-refractivity contribution in [1.29, 1.82) is 0 Å². The number of hydrogen-bond acceptors (Lipinski definition) is 6. The molecule has 3 rings (SSSR count). The van der Waals surface area contributed by atoms with Crippen LogP contribution in [-0.4, -0.2) is 42.8 Å². The second-order valence-electron chi connectivity index (χ2n) is 4.90. The Morgan fingerprint density at radius 3 is 2.94 bits per heavy atom. The maximum atomic E-state index is 5.79. The van der Waals surface area contributed by atoms with E-state index >= 15 is 0 Å². The van der Waals surface area contributed by atoms with Gasteiger partial charge in [-0.05, 0) is 19.9 Å². The second kappa shape index (κ2) is 4.70. The first-order valence-electron chi connectivity index (χ1n) is 6.44. The van der Waals surface area contributed by atoms with Crippen LogP contribution in [0.3, 0.4) is 0 Å². The minimum absolute atomic E-state index is 0.0930. The summed E-state index contributed by atoms with van der Waals surface area (Å²) in [6, 6.07) is 2.56. The first-order valence-corrected chi connectivity index (χ1v) is 6.44. The van der Waals surface area contributed by atoms with Gasteiger partial charge < -0.3 is 20.7 Å². The zero-order valence-corrected chi connectivity index (χ0v) is 10.6. The molecule has 2 aliphatic heterocycles. The fraction of sp³-hybridized carbons (Fsp3) is 0.667. The highest BCUT2D eigenvalue weighted by atomic mass is 16.5. The van der Waals surface area contributed by atoms with E-state index in [0.29, 0.717) is 12.0 Å². The molecule has 1 aromatic rings. The van der Waals surface area contributed by atoms with Crippen LogP contribution in [0.15, 0.2) is 6.07 Å². The summed E-state index contributed by atoms with van der Waals surface area (Å²) in [5, 5.41) is 3.24. The predicted molar refractivity (Wildman–Crippen MR) is 69.4 cm³/mol. The molecule has 2 aliphatic rings. The summed E-state index contributed by atoms with van der Waals surface area (Å²) in [5.41, 5.74) is 6.71. The van der Waals surface area contributed by atoms with Gasteiger partial charge in [0.05, 0.1) is 11.8 Å². The Morgan fingerprint density at radius 2 is 2.28 bits per heavy atom. The van der Waals surface area contributed by atoms with Crippen LogP contribution in [-0.2, 0) is 4.74 Å². The van der Waals surface area contributed by atoms with Crippen LogP contribution in [0, 0.1) is 0 Å². The Labute approximate surface area is 107 Å². The molecular formula is C12H19N5O. The molecule has 6 nitrogen and oxygen atoms in total. The summed E-state index contributed by atoms with van der Waals surface area (Å²) < 4.78 is 5.65. The average molecular weight is 249 g/mol. The van der Waals surface area contributed by atoms with E-state index in [9.17, 15) is 0 Å². The fourth-order valence-electron chi connectivity index (χ4n) is 2.46. The van der Waals surface area contributed by atoms with Crippen LogP contribution >= 0.6 is 0 Å². The van der Waals surface area contributed by atoms with Crippen molar-refractivity contribution in [2.45, 2.75) is 25.0 Å². The van der Waals surface area contributed by atoms with Gasteiger partial charge in [-0.25, -0.2) is 4.98 Å². The Hall–Kier alpha value is -1.40. The monoisotopic (exact) mass is 249 g/mol. The van der Waals surface area contributed by atoms with Gasteiger partial charge in [-0.15, -0.1) is 0 Å². The first-order chi connectivity index (χ1) is 8.76. The summed E-state index contributed by atoms with van der Waals surface area (Å²) in [7, 11) is 1.98. The molecule has 0 unspecified atom stereocenters. The van der Waals surface area contributed by atoms with Gasteiger partial charge in [-0.1, -0.05) is 0 Å². The number of nitrogens with one attached hydrogen (secondary N) is 1. The third-order valence-corrected chi connectivity index (χ3v) is 3.62. The van der Waals surface area contributed by atoms with Crippen molar-refractivity contribution in [2.75, 3.05) is 37.4 Å².